The van der Waals surface area contributed by atoms with Crippen LogP contribution in [0.15, 0.2) is 66.7 Å². The maximum atomic E-state index is 12.5. The molecule has 7 heteroatoms. The van der Waals surface area contributed by atoms with Crippen molar-refractivity contribution < 1.29 is 9.53 Å². The molecule has 0 radical (unpaired) electrons. The van der Waals surface area contributed by atoms with E-state index in [2.05, 4.69) is 41.1 Å². The van der Waals surface area contributed by atoms with Crippen LogP contribution in [-0.2, 0) is 0 Å². The number of hydrogen-bond donors (Lipinski definition) is 1. The number of aryl methyl sites for hydroxylation is 2. The van der Waals surface area contributed by atoms with Crippen LogP contribution in [0.2, 0.25) is 0 Å². The lowest BCUT2D eigenvalue weighted by Gasteiger charge is -2.34. The van der Waals surface area contributed by atoms with Crippen LogP contribution in [0.4, 0.5) is 5.13 Å². The summed E-state index contributed by atoms with van der Waals surface area (Å²) in [7, 11) is 0. The molecule has 35 heavy (non-hydrogen) atoms. The molecule has 0 unspecified atom stereocenters. The van der Waals surface area contributed by atoms with Crippen LogP contribution in [-0.4, -0.2) is 55.1 Å². The Morgan fingerprint density at radius 1 is 0.943 bits per heavy atom. The van der Waals surface area contributed by atoms with Gasteiger partial charge >= 0.3 is 0 Å². The quantitative estimate of drug-likeness (QED) is 0.386. The predicted octanol–water partition coefficient (Wildman–Crippen LogP) is 5.26. The molecule has 180 valence electrons. The minimum atomic E-state index is -0.0602. The van der Waals surface area contributed by atoms with Crippen LogP contribution in [0, 0.1) is 13.8 Å². The van der Waals surface area contributed by atoms with Crippen molar-refractivity contribution in [3.05, 3.63) is 83.4 Å². The average molecular weight is 487 g/mol. The highest BCUT2D eigenvalue weighted by Gasteiger charge is 2.20. The summed E-state index contributed by atoms with van der Waals surface area (Å²) < 4.78 is 7.05. The van der Waals surface area contributed by atoms with Crippen molar-refractivity contribution in [2.45, 2.75) is 13.8 Å². The van der Waals surface area contributed by atoms with Gasteiger partial charge < -0.3 is 15.0 Å². The van der Waals surface area contributed by atoms with Gasteiger partial charge in [0.15, 0.2) is 5.13 Å². The Morgan fingerprint density at radius 3 is 2.40 bits per heavy atom. The van der Waals surface area contributed by atoms with Gasteiger partial charge in [-0.15, -0.1) is 0 Å². The van der Waals surface area contributed by atoms with E-state index in [1.807, 2.05) is 42.5 Å². The van der Waals surface area contributed by atoms with E-state index < -0.39 is 0 Å². The van der Waals surface area contributed by atoms with Crippen LogP contribution in [0.5, 0.6) is 11.5 Å². The number of carbonyl (C=O) groups is 1. The van der Waals surface area contributed by atoms with Crippen LogP contribution in [0.3, 0.4) is 0 Å². The number of fused-ring (bicyclic) bond motifs is 1. The van der Waals surface area contributed by atoms with E-state index >= 15 is 0 Å². The second-order valence-corrected chi connectivity index (χ2v) is 9.88. The monoisotopic (exact) mass is 486 g/mol. The van der Waals surface area contributed by atoms with Gasteiger partial charge in [0.1, 0.15) is 11.5 Å². The fourth-order valence-electron chi connectivity index (χ4n) is 4.24. The fraction of sp³-hybridized carbons (Fsp3) is 0.286. The molecule has 1 aliphatic rings. The van der Waals surface area contributed by atoms with Crippen molar-refractivity contribution >= 4 is 32.6 Å². The minimum Gasteiger partial charge on any atom is -0.457 e. The largest absolute Gasteiger partial charge is 0.457 e. The van der Waals surface area contributed by atoms with Gasteiger partial charge in [0.25, 0.3) is 5.91 Å². The smallest absolute Gasteiger partial charge is 0.251 e. The molecule has 5 rings (SSSR count). The lowest BCUT2D eigenvalue weighted by atomic mass is 10.1. The van der Waals surface area contributed by atoms with Gasteiger partial charge in [0.05, 0.1) is 10.2 Å². The SMILES string of the molecule is Cc1ccc2sc(N3CCN(CCNC(=O)c4ccc(Oc5ccccc5)cc4)CC3)nc2c1C. The zero-order valence-electron chi connectivity index (χ0n) is 20.2. The van der Waals surface area contributed by atoms with Crippen LogP contribution >= 0.6 is 11.3 Å². The zero-order valence-corrected chi connectivity index (χ0v) is 21.0. The highest BCUT2D eigenvalue weighted by atomic mass is 32.1. The summed E-state index contributed by atoms with van der Waals surface area (Å²) in [6.07, 6.45) is 0. The maximum absolute atomic E-state index is 12.5. The second kappa shape index (κ2) is 10.5. The molecule has 0 aliphatic carbocycles. The molecule has 0 saturated carbocycles. The summed E-state index contributed by atoms with van der Waals surface area (Å²) in [4.78, 5) is 22.3. The maximum Gasteiger partial charge on any atom is 0.251 e. The summed E-state index contributed by atoms with van der Waals surface area (Å²) in [5.74, 6) is 1.43. The third-order valence-corrected chi connectivity index (χ3v) is 7.61. The van der Waals surface area contributed by atoms with Gasteiger partial charge in [-0.1, -0.05) is 35.6 Å². The number of aromatic nitrogens is 1. The number of carbonyl (C=O) groups excluding carboxylic acids is 1. The lowest BCUT2D eigenvalue weighted by Crippen LogP contribution is -2.48. The van der Waals surface area contributed by atoms with Gasteiger partial charge in [-0.3, -0.25) is 9.69 Å². The molecule has 1 N–H and O–H groups in total. The first-order valence-corrected chi connectivity index (χ1v) is 12.8. The first kappa shape index (κ1) is 23.3. The highest BCUT2D eigenvalue weighted by molar-refractivity contribution is 7.22. The molecule has 0 spiro atoms. The van der Waals surface area contributed by atoms with E-state index in [1.54, 1.807) is 23.5 Å². The molecular formula is C28H30N4O2S. The molecule has 4 aromatic rings. The van der Waals surface area contributed by atoms with E-state index in [4.69, 9.17) is 9.72 Å². The summed E-state index contributed by atoms with van der Waals surface area (Å²) >= 11 is 1.78. The van der Waals surface area contributed by atoms with Crippen molar-refractivity contribution in [3.63, 3.8) is 0 Å². The summed E-state index contributed by atoms with van der Waals surface area (Å²) in [5, 5.41) is 4.15. The molecule has 1 fully saturated rings. The Hall–Kier alpha value is -3.42. The number of nitrogens with zero attached hydrogens (tertiary/aromatic N) is 3. The molecule has 0 bridgehead atoms. The lowest BCUT2D eigenvalue weighted by molar-refractivity contribution is 0.0948. The van der Waals surface area contributed by atoms with E-state index in [1.165, 1.54) is 15.8 Å². The normalized spacial score (nSPS) is 14.3. The number of piperazine rings is 1. The van der Waals surface area contributed by atoms with E-state index in [-0.39, 0.29) is 5.91 Å². The van der Waals surface area contributed by atoms with Gasteiger partial charge in [0.2, 0.25) is 0 Å². The van der Waals surface area contributed by atoms with Crippen molar-refractivity contribution in [1.82, 2.24) is 15.2 Å². The number of hydrogen-bond acceptors (Lipinski definition) is 6. The average Bonchev–Trinajstić information content (AvgIpc) is 3.33. The Kier molecular flexibility index (Phi) is 6.97. The number of para-hydroxylation sites is 1. The standard InChI is InChI=1S/C28H30N4O2S/c1-20-8-13-25-26(21(20)2)30-28(35-25)32-18-16-31(17-19-32)15-14-29-27(33)22-9-11-24(12-10-22)34-23-6-4-3-5-7-23/h3-13H,14-19H2,1-2H3,(H,29,33). The van der Waals surface area contributed by atoms with Gasteiger partial charge in [0, 0.05) is 44.8 Å². The van der Waals surface area contributed by atoms with E-state index in [0.29, 0.717) is 17.9 Å². The van der Waals surface area contributed by atoms with Crippen molar-refractivity contribution in [3.8, 4) is 11.5 Å². The fourth-order valence-corrected chi connectivity index (χ4v) is 5.32. The minimum absolute atomic E-state index is 0.0602. The Balaban J connectivity index is 1.07. The number of rotatable bonds is 7. The zero-order chi connectivity index (χ0) is 24.2. The molecule has 3 aromatic carbocycles. The molecule has 2 heterocycles. The molecular weight excluding hydrogens is 456 g/mol. The molecule has 1 saturated heterocycles. The van der Waals surface area contributed by atoms with Crippen LogP contribution < -0.4 is 15.0 Å². The van der Waals surface area contributed by atoms with Gasteiger partial charge in [-0.2, -0.15) is 0 Å². The van der Waals surface area contributed by atoms with Gasteiger partial charge in [-0.05, 0) is 67.4 Å². The van der Waals surface area contributed by atoms with Crippen molar-refractivity contribution in [2.24, 2.45) is 0 Å². The molecule has 1 amide bonds. The highest BCUT2D eigenvalue weighted by Crippen LogP contribution is 2.32. The third-order valence-electron chi connectivity index (χ3n) is 6.53. The van der Waals surface area contributed by atoms with Crippen molar-refractivity contribution in [1.29, 1.82) is 0 Å². The number of nitrogens with one attached hydrogen (secondary N) is 1. The summed E-state index contributed by atoms with van der Waals surface area (Å²) in [5.41, 5.74) is 4.34. The molecule has 0 atom stereocenters. The van der Waals surface area contributed by atoms with Crippen molar-refractivity contribution in [2.75, 3.05) is 44.2 Å². The Morgan fingerprint density at radius 2 is 1.66 bits per heavy atom. The first-order chi connectivity index (χ1) is 17.1. The number of ether oxygens (including phenoxy) is 1. The second-order valence-electron chi connectivity index (χ2n) is 8.87. The number of benzene rings is 3. The number of thiazole rings is 1. The first-order valence-electron chi connectivity index (χ1n) is 12.0. The number of anilines is 1. The Labute approximate surface area is 210 Å². The third kappa shape index (κ3) is 5.47. The van der Waals surface area contributed by atoms with Crippen LogP contribution in [0.1, 0.15) is 21.5 Å². The van der Waals surface area contributed by atoms with E-state index in [0.717, 1.165) is 49.1 Å². The predicted molar refractivity (Wildman–Crippen MR) is 143 cm³/mol. The van der Waals surface area contributed by atoms with Crippen LogP contribution in [0.25, 0.3) is 10.2 Å². The van der Waals surface area contributed by atoms with Gasteiger partial charge in [-0.25, -0.2) is 4.98 Å². The summed E-state index contributed by atoms with van der Waals surface area (Å²) in [6, 6.07) is 21.2. The molecule has 1 aromatic heterocycles. The van der Waals surface area contributed by atoms with E-state index in [9.17, 15) is 4.79 Å². The topological polar surface area (TPSA) is 57.7 Å². The molecule has 1 aliphatic heterocycles. The summed E-state index contributed by atoms with van der Waals surface area (Å²) in [6.45, 7) is 9.60. The Bertz CT molecular complexity index is 1300. The number of amides is 1. The molecule has 6 nitrogen and oxygen atoms in total.